The van der Waals surface area contributed by atoms with Crippen LogP contribution in [-0.4, -0.2) is 41.3 Å². The smallest absolute Gasteiger partial charge is 0.407 e. The number of hydrogen-bond acceptors (Lipinski definition) is 4. The fourth-order valence-corrected chi connectivity index (χ4v) is 4.46. The average Bonchev–Trinajstić information content (AvgIpc) is 3.14. The van der Waals surface area contributed by atoms with Crippen LogP contribution in [0.1, 0.15) is 70.4 Å². The van der Waals surface area contributed by atoms with Gasteiger partial charge in [-0.15, -0.1) is 0 Å². The van der Waals surface area contributed by atoms with Gasteiger partial charge in [0, 0.05) is 17.9 Å². The second kappa shape index (κ2) is 11.4. The first-order chi connectivity index (χ1) is 16.6. The number of aliphatic carboxylic acids is 1. The molecule has 0 aromatic heterocycles. The third-order valence-corrected chi connectivity index (χ3v) is 6.73. The predicted molar refractivity (Wildman–Crippen MR) is 135 cm³/mol. The maximum absolute atomic E-state index is 12.6. The van der Waals surface area contributed by atoms with E-state index in [0.717, 1.165) is 28.7 Å². The molecule has 2 atom stereocenters. The Morgan fingerprint density at radius 2 is 1.60 bits per heavy atom. The normalized spacial score (nSPS) is 14.4. The van der Waals surface area contributed by atoms with Crippen molar-refractivity contribution in [1.82, 2.24) is 10.6 Å². The van der Waals surface area contributed by atoms with Crippen LogP contribution in [0.5, 0.6) is 0 Å². The van der Waals surface area contributed by atoms with Crippen molar-refractivity contribution in [2.75, 3.05) is 6.61 Å². The summed E-state index contributed by atoms with van der Waals surface area (Å²) >= 11 is 0. The minimum Gasteiger partial charge on any atom is -0.480 e. The molecule has 0 radical (unpaired) electrons. The number of ether oxygens (including phenoxy) is 1. The van der Waals surface area contributed by atoms with E-state index < -0.39 is 23.6 Å². The van der Waals surface area contributed by atoms with Crippen molar-refractivity contribution in [2.24, 2.45) is 5.92 Å². The van der Waals surface area contributed by atoms with Crippen LogP contribution in [0.25, 0.3) is 11.1 Å². The predicted octanol–water partition coefficient (Wildman–Crippen LogP) is 5.09. The van der Waals surface area contributed by atoms with E-state index in [-0.39, 0.29) is 30.8 Å². The van der Waals surface area contributed by atoms with Crippen molar-refractivity contribution in [2.45, 2.75) is 70.9 Å². The van der Waals surface area contributed by atoms with Crippen LogP contribution in [0.2, 0.25) is 0 Å². The topological polar surface area (TPSA) is 105 Å². The number of carboxylic acids is 1. The van der Waals surface area contributed by atoms with Crippen molar-refractivity contribution in [3.63, 3.8) is 0 Å². The Bertz CT molecular complexity index is 1020. The largest absolute Gasteiger partial charge is 0.480 e. The lowest BCUT2D eigenvalue weighted by Crippen LogP contribution is -2.46. The Hall–Kier alpha value is -3.35. The highest BCUT2D eigenvalue weighted by molar-refractivity contribution is 5.83. The van der Waals surface area contributed by atoms with E-state index in [1.807, 2.05) is 52.0 Å². The molecule has 2 aromatic rings. The fraction of sp³-hybridized carbons (Fsp3) is 0.464. The van der Waals surface area contributed by atoms with Crippen LogP contribution in [0.4, 0.5) is 4.79 Å². The SMILES string of the molecule is CCC(C)CC(NC(=O)CCC(C)(C)NC(=O)OCC1c2ccccc2-c2ccccc21)C(=O)O. The van der Waals surface area contributed by atoms with Gasteiger partial charge in [-0.05, 0) is 54.9 Å². The zero-order chi connectivity index (χ0) is 25.6. The molecule has 2 amide bonds. The second-order valence-electron chi connectivity index (χ2n) is 10.0. The lowest BCUT2D eigenvalue weighted by molar-refractivity contribution is -0.142. The molecule has 0 fully saturated rings. The summed E-state index contributed by atoms with van der Waals surface area (Å²) in [6.07, 6.45) is 1.13. The molecule has 0 saturated carbocycles. The van der Waals surface area contributed by atoms with Crippen LogP contribution in [0.15, 0.2) is 48.5 Å². The number of carbonyl (C=O) groups excluding carboxylic acids is 2. The highest BCUT2D eigenvalue weighted by Gasteiger charge is 2.30. The molecule has 1 aliphatic carbocycles. The summed E-state index contributed by atoms with van der Waals surface area (Å²) in [4.78, 5) is 36.4. The molecule has 0 spiro atoms. The maximum atomic E-state index is 12.6. The summed E-state index contributed by atoms with van der Waals surface area (Å²) in [6.45, 7) is 7.80. The highest BCUT2D eigenvalue weighted by atomic mass is 16.5. The third-order valence-electron chi connectivity index (χ3n) is 6.73. The molecule has 3 N–H and O–H groups in total. The van der Waals surface area contributed by atoms with Crippen molar-refractivity contribution >= 4 is 18.0 Å². The van der Waals surface area contributed by atoms with Gasteiger partial charge in [0.2, 0.25) is 5.91 Å². The standard InChI is InChI=1S/C28H36N2O5/c1-5-18(2)16-24(26(32)33)29-25(31)14-15-28(3,4)30-27(34)35-17-23-21-12-8-6-10-19(21)20-11-7-9-13-22(20)23/h6-13,18,23-24H,5,14-17H2,1-4H3,(H,29,31)(H,30,34)(H,32,33). The molecule has 35 heavy (non-hydrogen) atoms. The van der Waals surface area contributed by atoms with Gasteiger partial charge in [-0.1, -0.05) is 68.8 Å². The number of hydrogen-bond donors (Lipinski definition) is 3. The van der Waals surface area contributed by atoms with Crippen LogP contribution in [0, 0.1) is 5.92 Å². The number of amides is 2. The summed E-state index contributed by atoms with van der Waals surface area (Å²) in [5.41, 5.74) is 3.91. The number of fused-ring (bicyclic) bond motifs is 3. The number of carbonyl (C=O) groups is 3. The van der Waals surface area contributed by atoms with E-state index >= 15 is 0 Å². The number of rotatable bonds is 11. The Labute approximate surface area is 207 Å². The lowest BCUT2D eigenvalue weighted by Gasteiger charge is -2.26. The highest BCUT2D eigenvalue weighted by Crippen LogP contribution is 2.44. The van der Waals surface area contributed by atoms with Gasteiger partial charge < -0.3 is 20.5 Å². The van der Waals surface area contributed by atoms with E-state index in [4.69, 9.17) is 4.74 Å². The molecule has 3 rings (SSSR count). The molecule has 7 heteroatoms. The average molecular weight is 481 g/mol. The molecule has 7 nitrogen and oxygen atoms in total. The van der Waals surface area contributed by atoms with Gasteiger partial charge in [0.1, 0.15) is 12.6 Å². The molecule has 0 bridgehead atoms. The van der Waals surface area contributed by atoms with E-state index in [0.29, 0.717) is 12.8 Å². The maximum Gasteiger partial charge on any atom is 0.407 e. The minimum absolute atomic E-state index is 0.0273. The van der Waals surface area contributed by atoms with Crippen molar-refractivity contribution in [3.8, 4) is 11.1 Å². The van der Waals surface area contributed by atoms with Crippen LogP contribution >= 0.6 is 0 Å². The van der Waals surface area contributed by atoms with Crippen LogP contribution < -0.4 is 10.6 Å². The first-order valence-corrected chi connectivity index (χ1v) is 12.3. The van der Waals surface area contributed by atoms with Gasteiger partial charge in [0.05, 0.1) is 0 Å². The van der Waals surface area contributed by atoms with Crippen molar-refractivity contribution in [3.05, 3.63) is 59.7 Å². The van der Waals surface area contributed by atoms with Crippen LogP contribution in [0.3, 0.4) is 0 Å². The Morgan fingerprint density at radius 1 is 1.03 bits per heavy atom. The summed E-state index contributed by atoms with van der Waals surface area (Å²) in [7, 11) is 0. The van der Waals surface area contributed by atoms with Crippen LogP contribution in [-0.2, 0) is 14.3 Å². The molecular weight excluding hydrogens is 444 g/mol. The number of alkyl carbamates (subject to hydrolysis) is 1. The van der Waals surface area contributed by atoms with Gasteiger partial charge >= 0.3 is 12.1 Å². The summed E-state index contributed by atoms with van der Waals surface area (Å²) < 4.78 is 5.61. The third kappa shape index (κ3) is 6.84. The zero-order valence-electron chi connectivity index (χ0n) is 21.0. The van der Waals surface area contributed by atoms with E-state index in [1.54, 1.807) is 0 Å². The quantitative estimate of drug-likeness (QED) is 0.416. The number of nitrogens with one attached hydrogen (secondary N) is 2. The lowest BCUT2D eigenvalue weighted by atomic mass is 9.97. The molecule has 188 valence electrons. The van der Waals surface area contributed by atoms with Crippen molar-refractivity contribution in [1.29, 1.82) is 0 Å². The molecule has 1 aliphatic rings. The monoisotopic (exact) mass is 480 g/mol. The summed E-state index contributed by atoms with van der Waals surface area (Å²) in [5, 5.41) is 14.8. The molecule has 0 saturated heterocycles. The number of carboxylic acid groups (broad SMARTS) is 1. The Balaban J connectivity index is 1.51. The van der Waals surface area contributed by atoms with Gasteiger partial charge in [-0.3, -0.25) is 4.79 Å². The van der Waals surface area contributed by atoms with Gasteiger partial charge in [0.15, 0.2) is 0 Å². The van der Waals surface area contributed by atoms with E-state index in [1.165, 1.54) is 0 Å². The Morgan fingerprint density at radius 3 is 2.14 bits per heavy atom. The molecule has 2 aromatic carbocycles. The van der Waals surface area contributed by atoms with Gasteiger partial charge in [0.25, 0.3) is 0 Å². The van der Waals surface area contributed by atoms with Gasteiger partial charge in [-0.2, -0.15) is 0 Å². The molecule has 2 unspecified atom stereocenters. The summed E-state index contributed by atoms with van der Waals surface area (Å²) in [5.74, 6) is -1.21. The Kier molecular flexibility index (Phi) is 8.54. The van der Waals surface area contributed by atoms with E-state index in [9.17, 15) is 19.5 Å². The first kappa shape index (κ1) is 26.3. The molecule has 0 aliphatic heterocycles. The van der Waals surface area contributed by atoms with Gasteiger partial charge in [-0.25, -0.2) is 9.59 Å². The fourth-order valence-electron chi connectivity index (χ4n) is 4.46. The molecular formula is C28H36N2O5. The first-order valence-electron chi connectivity index (χ1n) is 12.3. The van der Waals surface area contributed by atoms with E-state index in [2.05, 4.69) is 34.9 Å². The summed E-state index contributed by atoms with van der Waals surface area (Å²) in [6, 6.07) is 15.4. The second-order valence-corrected chi connectivity index (χ2v) is 10.0. The number of benzene rings is 2. The van der Waals surface area contributed by atoms with Crippen molar-refractivity contribution < 1.29 is 24.2 Å². The minimum atomic E-state index is -1.03. The zero-order valence-corrected chi connectivity index (χ0v) is 21.0. The molecule has 0 heterocycles.